The topological polar surface area (TPSA) is 29.9 Å². The highest BCUT2D eigenvalue weighted by Crippen LogP contribution is 2.48. The van der Waals surface area contributed by atoms with Gasteiger partial charge in [0.15, 0.2) is 0 Å². The largest absolute Gasteiger partial charge is 0.312 e. The molecule has 0 bridgehead atoms. The fraction of sp³-hybridized carbons (Fsp3) is 0.769. The van der Waals surface area contributed by atoms with Gasteiger partial charge in [-0.15, -0.1) is 0 Å². The molecule has 0 amide bonds. The van der Waals surface area contributed by atoms with Crippen molar-refractivity contribution in [2.24, 2.45) is 24.8 Å². The molecule has 0 spiro atoms. The third kappa shape index (κ3) is 2.46. The van der Waals surface area contributed by atoms with E-state index in [1.165, 1.54) is 37.8 Å². The van der Waals surface area contributed by atoms with Gasteiger partial charge in [-0.25, -0.2) is 0 Å². The third-order valence-corrected chi connectivity index (χ3v) is 3.92. The first kappa shape index (κ1) is 10.3. The highest BCUT2D eigenvalue weighted by Gasteiger charge is 2.40. The van der Waals surface area contributed by atoms with E-state index < -0.39 is 0 Å². The van der Waals surface area contributed by atoms with Crippen LogP contribution in [-0.4, -0.2) is 16.3 Å². The van der Waals surface area contributed by atoms with Crippen LogP contribution in [0.5, 0.6) is 0 Å². The Morgan fingerprint density at radius 3 is 2.56 bits per heavy atom. The molecule has 2 saturated carbocycles. The highest BCUT2D eigenvalue weighted by molar-refractivity contribution is 5.03. The molecule has 88 valence electrons. The van der Waals surface area contributed by atoms with E-state index in [0.29, 0.717) is 0 Å². The van der Waals surface area contributed by atoms with E-state index in [4.69, 9.17) is 0 Å². The molecule has 2 aliphatic carbocycles. The standard InChI is InChI=1S/C13H21N3/c1-16-9-10(7-15-16)6-14-8-13(11-2-3-11)12-4-5-12/h7,9,11-14H,2-6,8H2,1H3. The lowest BCUT2D eigenvalue weighted by molar-refractivity contribution is 0.378. The van der Waals surface area contributed by atoms with Gasteiger partial charge in [0, 0.05) is 25.4 Å². The molecule has 1 aromatic heterocycles. The van der Waals surface area contributed by atoms with Crippen LogP contribution in [0, 0.1) is 17.8 Å². The van der Waals surface area contributed by atoms with Crippen molar-refractivity contribution in [2.45, 2.75) is 32.2 Å². The van der Waals surface area contributed by atoms with E-state index >= 15 is 0 Å². The van der Waals surface area contributed by atoms with Crippen molar-refractivity contribution in [3.63, 3.8) is 0 Å². The Labute approximate surface area is 97.2 Å². The maximum absolute atomic E-state index is 4.19. The number of hydrogen-bond donors (Lipinski definition) is 1. The third-order valence-electron chi connectivity index (χ3n) is 3.92. The zero-order valence-electron chi connectivity index (χ0n) is 10.0. The Morgan fingerprint density at radius 2 is 2.06 bits per heavy atom. The van der Waals surface area contributed by atoms with Crippen molar-refractivity contribution in [2.75, 3.05) is 6.54 Å². The van der Waals surface area contributed by atoms with E-state index in [0.717, 1.165) is 24.3 Å². The minimum absolute atomic E-state index is 0.969. The molecule has 3 heteroatoms. The lowest BCUT2D eigenvalue weighted by Crippen LogP contribution is -2.25. The van der Waals surface area contributed by atoms with Crippen LogP contribution in [0.15, 0.2) is 12.4 Å². The number of hydrogen-bond acceptors (Lipinski definition) is 2. The van der Waals surface area contributed by atoms with Gasteiger partial charge < -0.3 is 5.32 Å². The Bertz CT molecular complexity index is 338. The summed E-state index contributed by atoms with van der Waals surface area (Å²) in [5, 5.41) is 7.79. The summed E-state index contributed by atoms with van der Waals surface area (Å²) in [4.78, 5) is 0. The van der Waals surface area contributed by atoms with Crippen LogP contribution in [0.2, 0.25) is 0 Å². The zero-order valence-corrected chi connectivity index (χ0v) is 10.0. The average molecular weight is 219 g/mol. The van der Waals surface area contributed by atoms with Crippen LogP contribution in [-0.2, 0) is 13.6 Å². The Morgan fingerprint density at radius 1 is 1.38 bits per heavy atom. The molecule has 2 aliphatic rings. The van der Waals surface area contributed by atoms with Gasteiger partial charge in [0.05, 0.1) is 6.20 Å². The number of nitrogens with one attached hydrogen (secondary N) is 1. The van der Waals surface area contributed by atoms with Crippen molar-refractivity contribution in [3.8, 4) is 0 Å². The van der Waals surface area contributed by atoms with Gasteiger partial charge in [0.2, 0.25) is 0 Å². The van der Waals surface area contributed by atoms with Gasteiger partial charge in [0.25, 0.3) is 0 Å². The summed E-state index contributed by atoms with van der Waals surface area (Å²) in [5.41, 5.74) is 1.30. The van der Waals surface area contributed by atoms with Crippen molar-refractivity contribution in [1.82, 2.24) is 15.1 Å². The number of nitrogens with zero attached hydrogens (tertiary/aromatic N) is 2. The van der Waals surface area contributed by atoms with Crippen LogP contribution < -0.4 is 5.32 Å². The van der Waals surface area contributed by atoms with E-state index in [9.17, 15) is 0 Å². The second-order valence-electron chi connectivity index (χ2n) is 5.49. The summed E-state index contributed by atoms with van der Waals surface area (Å²) in [6.07, 6.45) is 9.98. The summed E-state index contributed by atoms with van der Waals surface area (Å²) < 4.78 is 1.87. The van der Waals surface area contributed by atoms with E-state index in [2.05, 4.69) is 16.6 Å². The fourth-order valence-corrected chi connectivity index (χ4v) is 2.71. The molecule has 16 heavy (non-hydrogen) atoms. The molecule has 1 N–H and O–H groups in total. The highest BCUT2D eigenvalue weighted by atomic mass is 15.2. The van der Waals surface area contributed by atoms with Crippen molar-refractivity contribution < 1.29 is 0 Å². The monoisotopic (exact) mass is 219 g/mol. The van der Waals surface area contributed by atoms with E-state index in [1.807, 2.05) is 17.9 Å². The summed E-state index contributed by atoms with van der Waals surface area (Å²) >= 11 is 0. The van der Waals surface area contributed by atoms with Crippen molar-refractivity contribution in [3.05, 3.63) is 18.0 Å². The molecule has 3 rings (SSSR count). The van der Waals surface area contributed by atoms with Crippen molar-refractivity contribution in [1.29, 1.82) is 0 Å². The Hall–Kier alpha value is -0.830. The van der Waals surface area contributed by atoms with Crippen LogP contribution in [0.3, 0.4) is 0 Å². The molecule has 2 fully saturated rings. The lowest BCUT2D eigenvalue weighted by Gasteiger charge is -2.15. The minimum Gasteiger partial charge on any atom is -0.312 e. The first-order chi connectivity index (χ1) is 7.83. The fourth-order valence-electron chi connectivity index (χ4n) is 2.71. The molecule has 0 unspecified atom stereocenters. The molecule has 0 aromatic carbocycles. The lowest BCUT2D eigenvalue weighted by atomic mass is 9.98. The first-order valence-electron chi connectivity index (χ1n) is 6.51. The molecular weight excluding hydrogens is 198 g/mol. The molecule has 3 nitrogen and oxygen atoms in total. The molecule has 0 aliphatic heterocycles. The summed E-state index contributed by atoms with van der Waals surface area (Å²) in [6, 6.07) is 0. The van der Waals surface area contributed by atoms with Crippen LogP contribution >= 0.6 is 0 Å². The quantitative estimate of drug-likeness (QED) is 0.792. The molecule has 0 atom stereocenters. The summed E-state index contributed by atoms with van der Waals surface area (Å²) in [7, 11) is 1.97. The van der Waals surface area contributed by atoms with Gasteiger partial charge in [0.1, 0.15) is 0 Å². The summed E-state index contributed by atoms with van der Waals surface area (Å²) in [5.74, 6) is 3.07. The van der Waals surface area contributed by atoms with Crippen molar-refractivity contribution >= 4 is 0 Å². The van der Waals surface area contributed by atoms with Crippen LogP contribution in [0.25, 0.3) is 0 Å². The predicted molar refractivity (Wildman–Crippen MR) is 63.9 cm³/mol. The smallest absolute Gasteiger partial charge is 0.0534 e. The van der Waals surface area contributed by atoms with Crippen LogP contribution in [0.4, 0.5) is 0 Å². The van der Waals surface area contributed by atoms with E-state index in [1.54, 1.807) is 0 Å². The Kier molecular flexibility index (Phi) is 2.72. The Balaban J connectivity index is 1.44. The number of rotatable bonds is 6. The maximum Gasteiger partial charge on any atom is 0.0534 e. The molecule has 0 saturated heterocycles. The van der Waals surface area contributed by atoms with Crippen LogP contribution in [0.1, 0.15) is 31.2 Å². The van der Waals surface area contributed by atoms with E-state index in [-0.39, 0.29) is 0 Å². The zero-order chi connectivity index (χ0) is 11.0. The van der Waals surface area contributed by atoms with Gasteiger partial charge in [-0.3, -0.25) is 4.68 Å². The summed E-state index contributed by atoms with van der Waals surface area (Å²) in [6.45, 7) is 2.19. The molecule has 1 heterocycles. The first-order valence-corrected chi connectivity index (χ1v) is 6.51. The normalized spacial score (nSPS) is 20.6. The SMILES string of the molecule is Cn1cc(CNCC(C2CC2)C2CC2)cn1. The second-order valence-corrected chi connectivity index (χ2v) is 5.49. The minimum atomic E-state index is 0.969. The predicted octanol–water partition coefficient (Wildman–Crippen LogP) is 1.95. The van der Waals surface area contributed by atoms with Gasteiger partial charge >= 0.3 is 0 Å². The average Bonchev–Trinajstić information content (AvgIpc) is 3.15. The number of aromatic nitrogens is 2. The molecular formula is C13H21N3. The number of aryl methyl sites for hydroxylation is 1. The molecule has 0 radical (unpaired) electrons. The molecule has 1 aromatic rings. The van der Waals surface area contributed by atoms with Gasteiger partial charge in [-0.2, -0.15) is 5.10 Å². The van der Waals surface area contributed by atoms with Gasteiger partial charge in [-0.1, -0.05) is 0 Å². The maximum atomic E-state index is 4.19. The second kappa shape index (κ2) is 4.21. The van der Waals surface area contributed by atoms with Gasteiger partial charge in [-0.05, 0) is 50.0 Å².